The molecule has 0 spiro atoms. The van der Waals surface area contributed by atoms with E-state index in [2.05, 4.69) is 5.10 Å². The first-order chi connectivity index (χ1) is 9.76. The van der Waals surface area contributed by atoms with Gasteiger partial charge in [-0.2, -0.15) is 5.10 Å². The SMILES string of the molecule is CCc1nn(C)c(CS(=O)(=O)c2ccc(N)c(C)c2)c1Cl. The molecule has 0 fully saturated rings. The van der Waals surface area contributed by atoms with E-state index in [1.54, 1.807) is 26.1 Å². The highest BCUT2D eigenvalue weighted by Gasteiger charge is 2.22. The number of nitrogens with zero attached hydrogens (tertiary/aromatic N) is 2. The van der Waals surface area contributed by atoms with Crippen LogP contribution in [0.3, 0.4) is 0 Å². The Balaban J connectivity index is 2.42. The Morgan fingerprint density at radius 3 is 2.57 bits per heavy atom. The van der Waals surface area contributed by atoms with Gasteiger partial charge in [0.2, 0.25) is 0 Å². The van der Waals surface area contributed by atoms with E-state index in [1.807, 2.05) is 6.92 Å². The minimum atomic E-state index is -3.49. The lowest BCUT2D eigenvalue weighted by atomic mass is 10.2. The second-order valence-electron chi connectivity index (χ2n) is 4.96. The summed E-state index contributed by atoms with van der Waals surface area (Å²) in [4.78, 5) is 0.240. The number of hydrogen-bond acceptors (Lipinski definition) is 4. The quantitative estimate of drug-likeness (QED) is 0.875. The molecule has 0 aliphatic carbocycles. The molecule has 2 N–H and O–H groups in total. The molecule has 0 unspecified atom stereocenters. The zero-order valence-corrected chi connectivity index (χ0v) is 13.8. The number of nitrogens with two attached hydrogens (primary N) is 1. The second-order valence-corrected chi connectivity index (χ2v) is 7.33. The number of sulfone groups is 1. The number of aryl methyl sites for hydroxylation is 3. The summed E-state index contributed by atoms with van der Waals surface area (Å²) >= 11 is 6.21. The topological polar surface area (TPSA) is 78.0 Å². The molecule has 2 aromatic rings. The number of aromatic nitrogens is 2. The van der Waals surface area contributed by atoms with Crippen LogP contribution in [0.5, 0.6) is 0 Å². The molecule has 21 heavy (non-hydrogen) atoms. The smallest absolute Gasteiger partial charge is 0.184 e. The molecule has 1 aromatic carbocycles. The predicted octanol–water partition coefficient (Wildman–Crippen LogP) is 2.50. The van der Waals surface area contributed by atoms with Crippen molar-refractivity contribution < 1.29 is 8.42 Å². The molecule has 2 rings (SSSR count). The van der Waals surface area contributed by atoms with Crippen LogP contribution in [0.15, 0.2) is 23.1 Å². The van der Waals surface area contributed by atoms with E-state index >= 15 is 0 Å². The average molecular weight is 328 g/mol. The van der Waals surface area contributed by atoms with Gasteiger partial charge in [0.1, 0.15) is 0 Å². The third-order valence-electron chi connectivity index (χ3n) is 3.43. The largest absolute Gasteiger partial charge is 0.399 e. The zero-order valence-electron chi connectivity index (χ0n) is 12.2. The fourth-order valence-corrected chi connectivity index (χ4v) is 4.01. The number of nitrogen functional groups attached to an aromatic ring is 1. The maximum Gasteiger partial charge on any atom is 0.184 e. The van der Waals surface area contributed by atoms with E-state index in [1.165, 1.54) is 10.7 Å². The third-order valence-corrected chi connectivity index (χ3v) is 5.49. The van der Waals surface area contributed by atoms with Crippen molar-refractivity contribution in [2.45, 2.75) is 30.9 Å². The summed E-state index contributed by atoms with van der Waals surface area (Å²) in [5, 5.41) is 4.67. The van der Waals surface area contributed by atoms with Crippen LogP contribution in [0.1, 0.15) is 23.9 Å². The Bertz CT molecular complexity index is 782. The van der Waals surface area contributed by atoms with Crippen LogP contribution in [-0.2, 0) is 29.1 Å². The van der Waals surface area contributed by atoms with Gasteiger partial charge >= 0.3 is 0 Å². The molecule has 114 valence electrons. The minimum absolute atomic E-state index is 0.182. The van der Waals surface area contributed by atoms with Crippen LogP contribution in [0.4, 0.5) is 5.69 Å². The molecule has 5 nitrogen and oxygen atoms in total. The minimum Gasteiger partial charge on any atom is -0.399 e. The normalized spacial score (nSPS) is 11.8. The van der Waals surface area contributed by atoms with Crippen LogP contribution in [0.25, 0.3) is 0 Å². The number of halogens is 1. The standard InChI is InChI=1S/C14H18ClN3O2S/c1-4-12-14(15)13(18(3)17-12)8-21(19,20)10-5-6-11(16)9(2)7-10/h5-7H,4,8,16H2,1-3H3. The van der Waals surface area contributed by atoms with E-state index in [-0.39, 0.29) is 10.6 Å². The fraction of sp³-hybridized carbons (Fsp3) is 0.357. The van der Waals surface area contributed by atoms with Crippen LogP contribution in [-0.4, -0.2) is 18.2 Å². The first-order valence-electron chi connectivity index (χ1n) is 6.55. The van der Waals surface area contributed by atoms with E-state index in [4.69, 9.17) is 17.3 Å². The van der Waals surface area contributed by atoms with Gasteiger partial charge in [-0.1, -0.05) is 18.5 Å². The van der Waals surface area contributed by atoms with Crippen molar-refractivity contribution >= 4 is 27.1 Å². The molecule has 0 saturated heterocycles. The zero-order chi connectivity index (χ0) is 15.8. The van der Waals surface area contributed by atoms with Gasteiger partial charge < -0.3 is 5.73 Å². The number of anilines is 1. The molecule has 0 radical (unpaired) electrons. The van der Waals surface area contributed by atoms with E-state index in [9.17, 15) is 8.42 Å². The van der Waals surface area contributed by atoms with Gasteiger partial charge in [0, 0.05) is 12.7 Å². The number of benzene rings is 1. The molecule has 0 bridgehead atoms. The van der Waals surface area contributed by atoms with Crippen molar-refractivity contribution in [1.29, 1.82) is 0 Å². The van der Waals surface area contributed by atoms with Crippen molar-refractivity contribution in [1.82, 2.24) is 9.78 Å². The van der Waals surface area contributed by atoms with Crippen LogP contribution in [0, 0.1) is 6.92 Å². The maximum atomic E-state index is 12.5. The average Bonchev–Trinajstić information content (AvgIpc) is 2.69. The molecule has 0 amide bonds. The van der Waals surface area contributed by atoms with Crippen molar-refractivity contribution in [2.24, 2.45) is 7.05 Å². The summed E-state index contributed by atoms with van der Waals surface area (Å²) in [6, 6.07) is 4.70. The molecular formula is C14H18ClN3O2S. The number of rotatable bonds is 4. The van der Waals surface area contributed by atoms with E-state index in [0.717, 1.165) is 5.56 Å². The van der Waals surface area contributed by atoms with E-state index in [0.29, 0.717) is 28.5 Å². The first-order valence-corrected chi connectivity index (χ1v) is 8.58. The van der Waals surface area contributed by atoms with Crippen molar-refractivity contribution in [2.75, 3.05) is 5.73 Å². The van der Waals surface area contributed by atoms with Crippen molar-refractivity contribution in [3.05, 3.63) is 40.2 Å². The van der Waals surface area contributed by atoms with Gasteiger partial charge in [-0.3, -0.25) is 4.68 Å². The maximum absolute atomic E-state index is 12.5. The highest BCUT2D eigenvalue weighted by molar-refractivity contribution is 7.90. The molecule has 0 atom stereocenters. The Labute approximate surface area is 129 Å². The summed E-state index contributed by atoms with van der Waals surface area (Å²) in [6.45, 7) is 3.70. The molecule has 0 saturated carbocycles. The molecule has 1 aromatic heterocycles. The van der Waals surface area contributed by atoms with Gasteiger partial charge in [-0.25, -0.2) is 8.42 Å². The van der Waals surface area contributed by atoms with Crippen LogP contribution < -0.4 is 5.73 Å². The monoisotopic (exact) mass is 327 g/mol. The molecular weight excluding hydrogens is 310 g/mol. The Morgan fingerprint density at radius 1 is 1.38 bits per heavy atom. The molecule has 0 aliphatic heterocycles. The van der Waals surface area contributed by atoms with Gasteiger partial charge in [0.15, 0.2) is 9.84 Å². The third kappa shape index (κ3) is 3.06. The Morgan fingerprint density at radius 2 is 2.05 bits per heavy atom. The number of hydrogen-bond donors (Lipinski definition) is 1. The van der Waals surface area contributed by atoms with Crippen LogP contribution >= 0.6 is 11.6 Å². The summed E-state index contributed by atoms with van der Waals surface area (Å²) < 4.78 is 26.6. The highest BCUT2D eigenvalue weighted by Crippen LogP contribution is 2.26. The van der Waals surface area contributed by atoms with Crippen LogP contribution in [0.2, 0.25) is 5.02 Å². The highest BCUT2D eigenvalue weighted by atomic mass is 35.5. The summed E-state index contributed by atoms with van der Waals surface area (Å²) in [5.74, 6) is -0.182. The van der Waals surface area contributed by atoms with Gasteiger partial charge in [0.25, 0.3) is 0 Å². The summed E-state index contributed by atoms with van der Waals surface area (Å²) in [7, 11) is -1.79. The van der Waals surface area contributed by atoms with Gasteiger partial charge in [-0.15, -0.1) is 0 Å². The fourth-order valence-electron chi connectivity index (χ4n) is 2.08. The van der Waals surface area contributed by atoms with E-state index < -0.39 is 9.84 Å². The lowest BCUT2D eigenvalue weighted by Crippen LogP contribution is -2.09. The lowest BCUT2D eigenvalue weighted by molar-refractivity contribution is 0.591. The Kier molecular flexibility index (Phi) is 4.30. The van der Waals surface area contributed by atoms with Crippen molar-refractivity contribution in [3.63, 3.8) is 0 Å². The molecule has 0 aliphatic rings. The van der Waals surface area contributed by atoms with Gasteiger partial charge in [0.05, 0.1) is 27.1 Å². The molecule has 7 heteroatoms. The molecule has 1 heterocycles. The summed E-state index contributed by atoms with van der Waals surface area (Å²) in [5.41, 5.74) is 8.24. The predicted molar refractivity (Wildman–Crippen MR) is 84.1 cm³/mol. The van der Waals surface area contributed by atoms with Gasteiger partial charge in [-0.05, 0) is 37.1 Å². The summed E-state index contributed by atoms with van der Waals surface area (Å²) in [6.07, 6.45) is 0.660. The Hall–Kier alpha value is -1.53. The first kappa shape index (κ1) is 15.9. The second kappa shape index (κ2) is 5.69. The lowest BCUT2D eigenvalue weighted by Gasteiger charge is -2.08. The van der Waals surface area contributed by atoms with Crippen molar-refractivity contribution in [3.8, 4) is 0 Å².